The summed E-state index contributed by atoms with van der Waals surface area (Å²) in [7, 11) is 0. The molecule has 0 fully saturated rings. The molecule has 0 aliphatic carbocycles. The monoisotopic (exact) mass is 265 g/mol. The highest BCUT2D eigenvalue weighted by molar-refractivity contribution is 5.89. The SMILES string of the molecule is CC(CC(=O)Nc1cc(C(C)(C)C)[nH]n1)C(C)(C)C. The van der Waals surface area contributed by atoms with E-state index in [1.165, 1.54) is 0 Å². The van der Waals surface area contributed by atoms with Gasteiger partial charge in [0.15, 0.2) is 5.82 Å². The third-order valence-electron chi connectivity index (χ3n) is 3.62. The van der Waals surface area contributed by atoms with Crippen LogP contribution in [-0.4, -0.2) is 16.1 Å². The van der Waals surface area contributed by atoms with Gasteiger partial charge in [-0.05, 0) is 11.3 Å². The van der Waals surface area contributed by atoms with E-state index in [9.17, 15) is 4.79 Å². The van der Waals surface area contributed by atoms with Crippen molar-refractivity contribution in [1.82, 2.24) is 10.2 Å². The predicted molar refractivity (Wildman–Crippen MR) is 79.2 cm³/mol. The van der Waals surface area contributed by atoms with Crippen LogP contribution in [0.1, 0.15) is 60.6 Å². The van der Waals surface area contributed by atoms with Gasteiger partial charge in [0.05, 0.1) is 0 Å². The number of carbonyl (C=O) groups excluding carboxylic acids is 1. The topological polar surface area (TPSA) is 57.8 Å². The van der Waals surface area contributed by atoms with Crippen LogP contribution in [0.3, 0.4) is 0 Å². The van der Waals surface area contributed by atoms with Crippen molar-refractivity contribution in [1.29, 1.82) is 0 Å². The number of amides is 1. The molecule has 0 bridgehead atoms. The molecule has 1 rings (SSSR count). The van der Waals surface area contributed by atoms with E-state index < -0.39 is 0 Å². The number of H-pyrrole nitrogens is 1. The summed E-state index contributed by atoms with van der Waals surface area (Å²) in [4.78, 5) is 12.0. The van der Waals surface area contributed by atoms with Gasteiger partial charge in [0, 0.05) is 23.6 Å². The molecular weight excluding hydrogens is 238 g/mol. The van der Waals surface area contributed by atoms with Crippen LogP contribution in [0.15, 0.2) is 6.07 Å². The van der Waals surface area contributed by atoms with Gasteiger partial charge < -0.3 is 5.32 Å². The maximum Gasteiger partial charge on any atom is 0.225 e. The molecule has 4 nitrogen and oxygen atoms in total. The summed E-state index contributed by atoms with van der Waals surface area (Å²) in [5.41, 5.74) is 1.17. The quantitative estimate of drug-likeness (QED) is 0.875. The van der Waals surface area contributed by atoms with E-state index in [2.05, 4.69) is 64.0 Å². The second-order valence-corrected chi connectivity index (χ2v) is 7.44. The predicted octanol–water partition coefficient (Wildman–Crippen LogP) is 3.72. The molecule has 1 heterocycles. The van der Waals surface area contributed by atoms with Crippen LogP contribution in [0.25, 0.3) is 0 Å². The first-order valence-corrected chi connectivity index (χ1v) is 6.86. The van der Waals surface area contributed by atoms with Gasteiger partial charge in [-0.1, -0.05) is 48.5 Å². The van der Waals surface area contributed by atoms with Crippen LogP contribution < -0.4 is 5.32 Å². The highest BCUT2D eigenvalue weighted by Crippen LogP contribution is 2.28. The molecular formula is C15H27N3O. The fourth-order valence-electron chi connectivity index (χ4n) is 1.55. The highest BCUT2D eigenvalue weighted by atomic mass is 16.1. The number of aromatic amines is 1. The van der Waals surface area contributed by atoms with Gasteiger partial charge in [-0.3, -0.25) is 9.89 Å². The zero-order valence-corrected chi connectivity index (χ0v) is 13.2. The van der Waals surface area contributed by atoms with E-state index in [-0.39, 0.29) is 16.7 Å². The number of carbonyl (C=O) groups is 1. The van der Waals surface area contributed by atoms with Gasteiger partial charge in [0.1, 0.15) is 0 Å². The third kappa shape index (κ3) is 4.69. The van der Waals surface area contributed by atoms with E-state index in [1.54, 1.807) is 0 Å². The molecule has 2 N–H and O–H groups in total. The van der Waals surface area contributed by atoms with Crippen molar-refractivity contribution in [3.63, 3.8) is 0 Å². The molecule has 4 heteroatoms. The van der Waals surface area contributed by atoms with Gasteiger partial charge in [0.25, 0.3) is 0 Å². The van der Waals surface area contributed by atoms with E-state index in [1.807, 2.05) is 6.07 Å². The van der Waals surface area contributed by atoms with Gasteiger partial charge in [-0.15, -0.1) is 0 Å². The van der Waals surface area contributed by atoms with Gasteiger partial charge in [-0.25, -0.2) is 0 Å². The van der Waals surface area contributed by atoms with E-state index in [0.717, 1.165) is 5.69 Å². The first kappa shape index (κ1) is 15.7. The normalized spacial score (nSPS) is 14.3. The van der Waals surface area contributed by atoms with Gasteiger partial charge in [-0.2, -0.15) is 5.10 Å². The number of anilines is 1. The molecule has 0 aliphatic rings. The van der Waals surface area contributed by atoms with E-state index in [0.29, 0.717) is 18.2 Å². The minimum absolute atomic E-state index is 0.00861. The largest absolute Gasteiger partial charge is 0.309 e. The molecule has 0 saturated heterocycles. The Hall–Kier alpha value is -1.32. The molecule has 108 valence electrons. The fraction of sp³-hybridized carbons (Fsp3) is 0.733. The molecule has 1 aromatic rings. The molecule has 1 unspecified atom stereocenters. The lowest BCUT2D eigenvalue weighted by molar-refractivity contribution is -0.117. The van der Waals surface area contributed by atoms with Crippen molar-refractivity contribution < 1.29 is 4.79 Å². The first-order valence-electron chi connectivity index (χ1n) is 6.86. The Morgan fingerprint density at radius 1 is 1.32 bits per heavy atom. The second kappa shape index (κ2) is 5.35. The number of hydrogen-bond acceptors (Lipinski definition) is 2. The van der Waals surface area contributed by atoms with Crippen LogP contribution in [0.4, 0.5) is 5.82 Å². The van der Waals surface area contributed by atoms with Gasteiger partial charge >= 0.3 is 0 Å². The number of hydrogen-bond donors (Lipinski definition) is 2. The zero-order valence-electron chi connectivity index (χ0n) is 13.2. The first-order chi connectivity index (χ1) is 8.50. The second-order valence-electron chi connectivity index (χ2n) is 7.44. The van der Waals surface area contributed by atoms with Crippen molar-refractivity contribution in [3.8, 4) is 0 Å². The number of aromatic nitrogens is 2. The van der Waals surface area contributed by atoms with Crippen LogP contribution >= 0.6 is 0 Å². The average Bonchev–Trinajstić information content (AvgIpc) is 2.63. The number of rotatable bonds is 3. The average molecular weight is 265 g/mol. The van der Waals surface area contributed by atoms with Crippen LogP contribution in [0.5, 0.6) is 0 Å². The summed E-state index contributed by atoms with van der Waals surface area (Å²) < 4.78 is 0. The summed E-state index contributed by atoms with van der Waals surface area (Å²) in [6, 6.07) is 1.90. The lowest BCUT2D eigenvalue weighted by Crippen LogP contribution is -2.24. The summed E-state index contributed by atoms with van der Waals surface area (Å²) in [5, 5.41) is 9.96. The minimum Gasteiger partial charge on any atom is -0.309 e. The van der Waals surface area contributed by atoms with E-state index >= 15 is 0 Å². The van der Waals surface area contributed by atoms with Crippen LogP contribution in [0, 0.1) is 11.3 Å². The number of nitrogens with one attached hydrogen (secondary N) is 2. The molecule has 1 atom stereocenters. The standard InChI is InChI=1S/C15H27N3O/c1-10(14(2,3)4)8-13(19)16-12-9-11(17-18-12)15(5,6)7/h9-10H,8H2,1-7H3,(H2,16,17,18,19). The maximum atomic E-state index is 12.0. The molecule has 0 radical (unpaired) electrons. The molecule has 0 saturated carbocycles. The van der Waals surface area contributed by atoms with Crippen molar-refractivity contribution in [2.75, 3.05) is 5.32 Å². The van der Waals surface area contributed by atoms with Gasteiger partial charge in [0.2, 0.25) is 5.91 Å². The Kier molecular flexibility index (Phi) is 4.43. The Labute approximate surface area is 116 Å². The van der Waals surface area contributed by atoms with E-state index in [4.69, 9.17) is 0 Å². The molecule has 0 aromatic carbocycles. The minimum atomic E-state index is 0.00861. The molecule has 19 heavy (non-hydrogen) atoms. The van der Waals surface area contributed by atoms with Crippen LogP contribution in [-0.2, 0) is 10.2 Å². The van der Waals surface area contributed by atoms with Crippen molar-refractivity contribution >= 4 is 11.7 Å². The molecule has 1 aromatic heterocycles. The van der Waals surface area contributed by atoms with Crippen molar-refractivity contribution in [2.45, 2.75) is 60.3 Å². The Morgan fingerprint density at radius 3 is 2.32 bits per heavy atom. The lowest BCUT2D eigenvalue weighted by atomic mass is 9.80. The summed E-state index contributed by atoms with van der Waals surface area (Å²) in [6.07, 6.45) is 0.515. The summed E-state index contributed by atoms with van der Waals surface area (Å²) in [5.74, 6) is 0.957. The smallest absolute Gasteiger partial charge is 0.225 e. The van der Waals surface area contributed by atoms with Crippen LogP contribution in [0.2, 0.25) is 0 Å². The number of nitrogens with zero attached hydrogens (tertiary/aromatic N) is 1. The third-order valence-corrected chi connectivity index (χ3v) is 3.62. The Morgan fingerprint density at radius 2 is 1.89 bits per heavy atom. The zero-order chi connectivity index (χ0) is 14.8. The molecule has 0 aliphatic heterocycles. The fourth-order valence-corrected chi connectivity index (χ4v) is 1.55. The summed E-state index contributed by atoms with van der Waals surface area (Å²) in [6.45, 7) is 14.9. The lowest BCUT2D eigenvalue weighted by Gasteiger charge is -2.26. The Bertz CT molecular complexity index is 435. The van der Waals surface area contributed by atoms with Crippen molar-refractivity contribution in [2.24, 2.45) is 11.3 Å². The molecule has 0 spiro atoms. The highest BCUT2D eigenvalue weighted by Gasteiger charge is 2.23. The van der Waals surface area contributed by atoms with Crippen molar-refractivity contribution in [3.05, 3.63) is 11.8 Å². The summed E-state index contributed by atoms with van der Waals surface area (Å²) >= 11 is 0. The Balaban J connectivity index is 2.61. The molecule has 1 amide bonds. The maximum absolute atomic E-state index is 12.0.